The summed E-state index contributed by atoms with van der Waals surface area (Å²) < 4.78 is 54.5. The Morgan fingerprint density at radius 3 is 2.57 bits per heavy atom. The van der Waals surface area contributed by atoms with Crippen molar-refractivity contribution < 1.29 is 42.1 Å². The maximum atomic E-state index is 14.1. The number of ether oxygens (including phenoxy) is 1. The molecule has 0 bridgehead atoms. The van der Waals surface area contributed by atoms with Gasteiger partial charge in [0.15, 0.2) is 6.16 Å². The van der Waals surface area contributed by atoms with Crippen molar-refractivity contribution in [3.63, 3.8) is 0 Å². The molecule has 2 aromatic heterocycles. The van der Waals surface area contributed by atoms with Gasteiger partial charge in [0.25, 0.3) is 5.91 Å². The van der Waals surface area contributed by atoms with Gasteiger partial charge in [-0.25, -0.2) is 4.98 Å². The molecule has 0 radical (unpaired) electrons. The molecule has 4 aromatic rings. The number of hydrogen-bond donors (Lipinski definition) is 5. The first-order valence-electron chi connectivity index (χ1n) is 14.5. The molecule has 47 heavy (non-hydrogen) atoms. The Morgan fingerprint density at radius 2 is 1.87 bits per heavy atom. The monoisotopic (exact) mass is 676 g/mol. The predicted octanol–water partition coefficient (Wildman–Crippen LogP) is 5.11. The number of carbonyl (C=O) groups is 1. The van der Waals surface area contributed by atoms with Gasteiger partial charge >= 0.3 is 14.1 Å². The smallest absolute Gasteiger partial charge is 0.421 e. The largest absolute Gasteiger partial charge is 0.495 e. The highest BCUT2D eigenvalue weighted by Gasteiger charge is 2.38. The van der Waals surface area contributed by atoms with E-state index in [9.17, 15) is 27.8 Å². The third-order valence-corrected chi connectivity index (χ3v) is 8.79. The summed E-state index contributed by atoms with van der Waals surface area (Å²) in [5, 5.41) is 19.0. The van der Waals surface area contributed by atoms with E-state index < -0.39 is 25.5 Å². The normalized spacial score (nSPS) is 13.2. The van der Waals surface area contributed by atoms with E-state index in [-0.39, 0.29) is 54.8 Å². The number of aliphatic hydroxyl groups excluding tert-OH is 1. The number of alkyl halides is 3. The molecular weight excluding hydrogens is 642 g/mol. The van der Waals surface area contributed by atoms with Crippen molar-refractivity contribution >= 4 is 37.0 Å². The van der Waals surface area contributed by atoms with Gasteiger partial charge in [-0.2, -0.15) is 37.6 Å². The van der Waals surface area contributed by atoms with E-state index in [1.54, 1.807) is 49.2 Å². The van der Waals surface area contributed by atoms with Crippen LogP contribution in [0, 0.1) is 0 Å². The Bertz CT molecular complexity index is 1770. The molecule has 2 aromatic carbocycles. The molecule has 0 atom stereocenters. The number of nitrogens with one attached hydrogen (secondary N) is 2. The second-order valence-corrected chi connectivity index (χ2v) is 12.6. The zero-order chi connectivity index (χ0) is 33.9. The number of nitrogens with zero attached hydrogens (tertiary/aromatic N) is 5. The van der Waals surface area contributed by atoms with Crippen molar-refractivity contribution in [3.8, 4) is 16.9 Å². The molecule has 13 nitrogen and oxygen atoms in total. The molecule has 0 unspecified atom stereocenters. The summed E-state index contributed by atoms with van der Waals surface area (Å²) in [5.41, 5.74) is 2.06. The number of aryl methyl sites for hydroxylation is 1. The molecule has 0 aliphatic carbocycles. The second kappa shape index (κ2) is 13.8. The molecule has 5 rings (SSSR count). The van der Waals surface area contributed by atoms with E-state index in [1.807, 2.05) is 0 Å². The summed E-state index contributed by atoms with van der Waals surface area (Å²) in [6.07, 6.45) is -0.402. The topological polar surface area (TPSA) is 167 Å². The van der Waals surface area contributed by atoms with Gasteiger partial charge < -0.3 is 25.4 Å². The number of halogens is 3. The standard InChI is InChI=1S/C30H33F3N7O6P/c1-4-46-47(43,44)17-18-6-8-23(25(12-18)45-3)37-29-34-14-22(30(31,32)33)27(38-29)36-24-9-7-20(21-16-39(2)28(42)26(21)24)19-13-35-40(15-19)10-5-11-41/h6-9,12-15,41,43-44H,4-5,10-11,16-17H2,1-3H3,(H-,34,36,37,38,42)/p+1. The number of aliphatic hydroxyl groups is 1. The van der Waals surface area contributed by atoms with Gasteiger partial charge in [0.1, 0.15) is 17.1 Å². The minimum atomic E-state index is -4.82. The highest BCUT2D eigenvalue weighted by molar-refractivity contribution is 7.58. The van der Waals surface area contributed by atoms with Crippen molar-refractivity contribution in [2.75, 3.05) is 38.0 Å². The third-order valence-electron chi connectivity index (χ3n) is 7.34. The van der Waals surface area contributed by atoms with Gasteiger partial charge in [-0.3, -0.25) is 9.48 Å². The van der Waals surface area contributed by atoms with E-state index in [2.05, 4.69) is 25.7 Å². The molecule has 5 N–H and O–H groups in total. The molecule has 1 amide bonds. The van der Waals surface area contributed by atoms with Gasteiger partial charge in [0, 0.05) is 50.3 Å². The number of methoxy groups -OCH3 is 1. The van der Waals surface area contributed by atoms with Crippen LogP contribution >= 0.6 is 7.94 Å². The van der Waals surface area contributed by atoms with E-state index in [0.29, 0.717) is 41.5 Å². The molecule has 250 valence electrons. The van der Waals surface area contributed by atoms with Crippen molar-refractivity contribution in [2.24, 2.45) is 0 Å². The van der Waals surface area contributed by atoms with Crippen molar-refractivity contribution in [1.82, 2.24) is 24.6 Å². The first-order chi connectivity index (χ1) is 22.3. The molecule has 1 aliphatic rings. The van der Waals surface area contributed by atoms with Crippen LogP contribution in [0.1, 0.15) is 40.4 Å². The van der Waals surface area contributed by atoms with Crippen LogP contribution in [0.5, 0.6) is 5.75 Å². The first kappa shape index (κ1) is 34.0. The lowest BCUT2D eigenvalue weighted by atomic mass is 9.97. The van der Waals surface area contributed by atoms with Crippen LogP contribution in [0.4, 0.5) is 36.3 Å². The highest BCUT2D eigenvalue weighted by atomic mass is 31.2. The van der Waals surface area contributed by atoms with Crippen LogP contribution in [0.15, 0.2) is 48.9 Å². The Balaban J connectivity index is 1.48. The van der Waals surface area contributed by atoms with Crippen LogP contribution in [0.25, 0.3) is 11.1 Å². The van der Waals surface area contributed by atoms with Crippen molar-refractivity contribution in [3.05, 3.63) is 71.2 Å². The number of benzene rings is 2. The molecule has 0 spiro atoms. The zero-order valence-corrected chi connectivity index (χ0v) is 26.6. The average Bonchev–Trinajstić information content (AvgIpc) is 3.60. The molecule has 3 heterocycles. The third kappa shape index (κ3) is 7.63. The van der Waals surface area contributed by atoms with Gasteiger partial charge in [-0.1, -0.05) is 12.1 Å². The van der Waals surface area contributed by atoms with Gasteiger partial charge in [0.2, 0.25) is 5.95 Å². The number of aromatic nitrogens is 4. The van der Waals surface area contributed by atoms with Crippen LogP contribution < -0.4 is 15.4 Å². The molecule has 0 saturated carbocycles. The molecular formula is C30H34F3N7O6P+. The summed E-state index contributed by atoms with van der Waals surface area (Å²) in [4.78, 5) is 42.9. The Morgan fingerprint density at radius 1 is 1.11 bits per heavy atom. The fourth-order valence-electron chi connectivity index (χ4n) is 5.21. The van der Waals surface area contributed by atoms with E-state index in [4.69, 9.17) is 14.4 Å². The minimum Gasteiger partial charge on any atom is -0.495 e. The van der Waals surface area contributed by atoms with Gasteiger partial charge in [0.05, 0.1) is 36.9 Å². The van der Waals surface area contributed by atoms with Gasteiger partial charge in [-0.05, 0) is 42.7 Å². The van der Waals surface area contributed by atoms with E-state index in [1.165, 1.54) is 24.1 Å². The highest BCUT2D eigenvalue weighted by Crippen LogP contribution is 2.54. The Kier molecular flexibility index (Phi) is 9.98. The molecule has 0 fully saturated rings. The lowest BCUT2D eigenvalue weighted by molar-refractivity contribution is -0.137. The van der Waals surface area contributed by atoms with Crippen LogP contribution in [0.2, 0.25) is 0 Å². The summed E-state index contributed by atoms with van der Waals surface area (Å²) in [5.74, 6) is -0.895. The van der Waals surface area contributed by atoms with Crippen molar-refractivity contribution in [2.45, 2.75) is 38.8 Å². The molecule has 1 aliphatic heterocycles. The Hall–Kier alpha value is -4.34. The number of carbonyl (C=O) groups excluding carboxylic acids is 1. The quantitative estimate of drug-likeness (QED) is 0.120. The number of amides is 1. The minimum absolute atomic E-state index is 0.00999. The zero-order valence-electron chi connectivity index (χ0n) is 25.7. The fraction of sp³-hybridized carbons (Fsp3) is 0.333. The van der Waals surface area contributed by atoms with E-state index in [0.717, 1.165) is 5.56 Å². The Labute approximate surface area is 268 Å². The SMILES string of the molecule is CCO[P+](O)(O)Cc1ccc(Nc2ncc(C(F)(F)F)c(Nc3ccc(-c4cnn(CCCO)c4)c4c3C(=O)N(C)C4)n2)c(OC)c1. The predicted molar refractivity (Wildman–Crippen MR) is 168 cm³/mol. The summed E-state index contributed by atoms with van der Waals surface area (Å²) in [7, 11) is -0.646. The summed E-state index contributed by atoms with van der Waals surface area (Å²) in [6.45, 7) is 2.50. The lowest BCUT2D eigenvalue weighted by Crippen LogP contribution is -2.18. The first-order valence-corrected chi connectivity index (χ1v) is 16.3. The molecule has 0 saturated heterocycles. The summed E-state index contributed by atoms with van der Waals surface area (Å²) >= 11 is 0. The maximum Gasteiger partial charge on any atom is 0.421 e. The summed E-state index contributed by atoms with van der Waals surface area (Å²) in [6, 6.07) is 7.90. The van der Waals surface area contributed by atoms with Crippen LogP contribution in [-0.4, -0.2) is 72.8 Å². The second-order valence-electron chi connectivity index (χ2n) is 10.7. The van der Waals surface area contributed by atoms with Crippen molar-refractivity contribution in [1.29, 1.82) is 0 Å². The van der Waals surface area contributed by atoms with Crippen LogP contribution in [-0.2, 0) is 30.0 Å². The number of rotatable bonds is 13. The number of hydrogen-bond acceptors (Lipinski definition) is 11. The molecule has 17 heteroatoms. The van der Waals surface area contributed by atoms with E-state index >= 15 is 0 Å². The fourth-order valence-corrected chi connectivity index (χ4v) is 6.39. The van der Waals surface area contributed by atoms with Gasteiger partial charge in [-0.15, -0.1) is 0 Å². The number of anilines is 4. The maximum absolute atomic E-state index is 14.1. The number of fused-ring (bicyclic) bond motifs is 1. The average molecular weight is 677 g/mol. The van der Waals surface area contributed by atoms with Crippen LogP contribution in [0.3, 0.4) is 0 Å². The lowest BCUT2D eigenvalue weighted by Gasteiger charge is -2.18.